The van der Waals surface area contributed by atoms with Gasteiger partial charge in [-0.15, -0.1) is 0 Å². The highest BCUT2D eigenvalue weighted by Crippen LogP contribution is 2.33. The molecule has 4 rings (SSSR count). The summed E-state index contributed by atoms with van der Waals surface area (Å²) in [5, 5.41) is 16.8. The standard InChI is InChI=1S/C24H24Cl2N4O3/c1-2-18-21(23(31)28-29-12-4-3-5-13-29)27-30(20-11-10-17(25)14-19(20)26)22(18)15-6-8-16(9-7-15)24(32)33/h6-11,14H,2-5,12-13H2,1H3,(H,28,31)(H,32,33). The van der Waals surface area contributed by atoms with Crippen molar-refractivity contribution in [2.24, 2.45) is 0 Å². The third-order valence-electron chi connectivity index (χ3n) is 5.71. The van der Waals surface area contributed by atoms with Crippen LogP contribution in [0.5, 0.6) is 0 Å². The molecule has 1 aliphatic rings. The van der Waals surface area contributed by atoms with Crippen molar-refractivity contribution >= 4 is 35.1 Å². The number of hydrogen-bond donors (Lipinski definition) is 2. The molecular formula is C24H24Cl2N4O3. The summed E-state index contributed by atoms with van der Waals surface area (Å²) in [5.41, 5.74) is 6.21. The van der Waals surface area contributed by atoms with Crippen molar-refractivity contribution < 1.29 is 14.7 Å². The van der Waals surface area contributed by atoms with Gasteiger partial charge in [0.15, 0.2) is 5.69 Å². The van der Waals surface area contributed by atoms with E-state index in [1.165, 1.54) is 12.1 Å². The van der Waals surface area contributed by atoms with Crippen LogP contribution in [0.15, 0.2) is 42.5 Å². The van der Waals surface area contributed by atoms with Crippen molar-refractivity contribution in [1.29, 1.82) is 0 Å². The van der Waals surface area contributed by atoms with E-state index in [-0.39, 0.29) is 11.5 Å². The van der Waals surface area contributed by atoms with Crippen LogP contribution in [-0.2, 0) is 6.42 Å². The quantitative estimate of drug-likeness (QED) is 0.497. The molecular weight excluding hydrogens is 463 g/mol. The Hall–Kier alpha value is -2.87. The first-order chi connectivity index (χ1) is 15.9. The molecule has 0 atom stereocenters. The Kier molecular flexibility index (Phi) is 7.02. The third-order valence-corrected chi connectivity index (χ3v) is 6.25. The van der Waals surface area contributed by atoms with Gasteiger partial charge < -0.3 is 5.11 Å². The van der Waals surface area contributed by atoms with Gasteiger partial charge in [0.2, 0.25) is 0 Å². The molecule has 9 heteroatoms. The zero-order chi connectivity index (χ0) is 23.5. The molecule has 0 spiro atoms. The molecule has 0 bridgehead atoms. The molecule has 0 unspecified atom stereocenters. The molecule has 1 fully saturated rings. The van der Waals surface area contributed by atoms with E-state index >= 15 is 0 Å². The van der Waals surface area contributed by atoms with E-state index in [2.05, 4.69) is 10.5 Å². The Morgan fingerprint density at radius 2 is 1.76 bits per heavy atom. The van der Waals surface area contributed by atoms with E-state index in [0.717, 1.165) is 43.5 Å². The van der Waals surface area contributed by atoms with E-state index < -0.39 is 5.97 Å². The van der Waals surface area contributed by atoms with Crippen molar-refractivity contribution in [2.45, 2.75) is 32.6 Å². The number of carboxylic acid groups (broad SMARTS) is 1. The molecule has 1 aromatic heterocycles. The number of nitrogens with zero attached hydrogens (tertiary/aromatic N) is 3. The Bertz CT molecular complexity index is 1190. The Morgan fingerprint density at radius 3 is 2.36 bits per heavy atom. The van der Waals surface area contributed by atoms with Gasteiger partial charge in [0.1, 0.15) is 0 Å². The van der Waals surface area contributed by atoms with Crippen LogP contribution >= 0.6 is 23.2 Å². The Labute approximate surface area is 201 Å². The molecule has 3 aromatic rings. The summed E-state index contributed by atoms with van der Waals surface area (Å²) in [6, 6.07) is 11.6. The average molecular weight is 487 g/mol. The number of halogens is 2. The topological polar surface area (TPSA) is 87.5 Å². The predicted molar refractivity (Wildman–Crippen MR) is 128 cm³/mol. The fraction of sp³-hybridized carbons (Fsp3) is 0.292. The van der Waals surface area contributed by atoms with Gasteiger partial charge in [-0.3, -0.25) is 10.2 Å². The van der Waals surface area contributed by atoms with Crippen LogP contribution in [0, 0.1) is 0 Å². The summed E-state index contributed by atoms with van der Waals surface area (Å²) in [7, 11) is 0. The van der Waals surface area contributed by atoms with E-state index in [4.69, 9.17) is 23.2 Å². The number of hydrogen-bond acceptors (Lipinski definition) is 4. The van der Waals surface area contributed by atoms with Crippen LogP contribution < -0.4 is 5.43 Å². The van der Waals surface area contributed by atoms with E-state index in [0.29, 0.717) is 33.5 Å². The second kappa shape index (κ2) is 9.95. The third kappa shape index (κ3) is 4.90. The summed E-state index contributed by atoms with van der Waals surface area (Å²) in [4.78, 5) is 24.6. The van der Waals surface area contributed by atoms with Gasteiger partial charge >= 0.3 is 5.97 Å². The number of piperidine rings is 1. The number of aromatic carboxylic acids is 1. The van der Waals surface area contributed by atoms with Crippen LogP contribution in [0.25, 0.3) is 16.9 Å². The first-order valence-electron chi connectivity index (χ1n) is 10.9. The van der Waals surface area contributed by atoms with Crippen LogP contribution in [-0.4, -0.2) is 44.9 Å². The molecule has 1 saturated heterocycles. The summed E-state index contributed by atoms with van der Waals surface area (Å²) >= 11 is 12.6. The maximum Gasteiger partial charge on any atom is 0.335 e. The number of hydrazine groups is 1. The molecule has 2 aromatic carbocycles. The lowest BCUT2D eigenvalue weighted by Gasteiger charge is -2.26. The maximum atomic E-state index is 13.2. The molecule has 2 N–H and O–H groups in total. The molecule has 1 amide bonds. The van der Waals surface area contributed by atoms with Gasteiger partial charge in [-0.25, -0.2) is 14.5 Å². The lowest BCUT2D eigenvalue weighted by molar-refractivity contribution is 0.0695. The number of nitrogens with one attached hydrogen (secondary N) is 1. The van der Waals surface area contributed by atoms with Crippen LogP contribution in [0.3, 0.4) is 0 Å². The molecule has 0 saturated carbocycles. The lowest BCUT2D eigenvalue weighted by atomic mass is 10.0. The van der Waals surface area contributed by atoms with Crippen LogP contribution in [0.2, 0.25) is 10.0 Å². The summed E-state index contributed by atoms with van der Waals surface area (Å²) in [5.74, 6) is -1.28. The number of benzene rings is 2. The number of aromatic nitrogens is 2. The average Bonchev–Trinajstić information content (AvgIpc) is 3.19. The lowest BCUT2D eigenvalue weighted by Crippen LogP contribution is -2.45. The predicted octanol–water partition coefficient (Wildman–Crippen LogP) is 5.24. The number of rotatable bonds is 6. The molecule has 7 nitrogen and oxygen atoms in total. The van der Waals surface area contributed by atoms with Crippen molar-refractivity contribution in [3.63, 3.8) is 0 Å². The fourth-order valence-electron chi connectivity index (χ4n) is 4.06. The monoisotopic (exact) mass is 486 g/mol. The van der Waals surface area contributed by atoms with Crippen LogP contribution in [0.4, 0.5) is 0 Å². The molecule has 33 heavy (non-hydrogen) atoms. The number of amides is 1. The van der Waals surface area contributed by atoms with Crippen molar-refractivity contribution in [3.05, 3.63) is 69.3 Å². The van der Waals surface area contributed by atoms with E-state index in [1.807, 2.05) is 11.9 Å². The van der Waals surface area contributed by atoms with Gasteiger partial charge in [0, 0.05) is 29.2 Å². The molecule has 1 aliphatic heterocycles. The van der Waals surface area contributed by atoms with Gasteiger partial charge in [0.25, 0.3) is 5.91 Å². The number of carbonyl (C=O) groups is 2. The largest absolute Gasteiger partial charge is 0.478 e. The van der Waals surface area contributed by atoms with Gasteiger partial charge in [-0.05, 0) is 49.6 Å². The minimum absolute atomic E-state index is 0.176. The van der Waals surface area contributed by atoms with Crippen LogP contribution in [0.1, 0.15) is 52.6 Å². The minimum atomic E-state index is -1.01. The second-order valence-corrected chi connectivity index (χ2v) is 8.75. The minimum Gasteiger partial charge on any atom is -0.478 e. The van der Waals surface area contributed by atoms with Gasteiger partial charge in [0.05, 0.1) is 22.0 Å². The fourth-order valence-corrected chi connectivity index (χ4v) is 4.55. The summed E-state index contributed by atoms with van der Waals surface area (Å²) < 4.78 is 1.64. The Balaban J connectivity index is 1.84. The Morgan fingerprint density at radius 1 is 1.06 bits per heavy atom. The maximum absolute atomic E-state index is 13.2. The molecule has 0 aliphatic carbocycles. The van der Waals surface area contributed by atoms with Crippen molar-refractivity contribution in [2.75, 3.05) is 13.1 Å². The normalized spacial score (nSPS) is 14.3. The summed E-state index contributed by atoms with van der Waals surface area (Å²) in [6.45, 7) is 3.57. The SMILES string of the molecule is CCc1c(C(=O)NN2CCCCC2)nn(-c2ccc(Cl)cc2Cl)c1-c1ccc(C(=O)O)cc1. The van der Waals surface area contributed by atoms with Gasteiger partial charge in [-0.2, -0.15) is 5.10 Å². The molecule has 2 heterocycles. The highest BCUT2D eigenvalue weighted by atomic mass is 35.5. The van der Waals surface area contributed by atoms with Gasteiger partial charge in [-0.1, -0.05) is 48.7 Å². The van der Waals surface area contributed by atoms with Crippen molar-refractivity contribution in [1.82, 2.24) is 20.2 Å². The first kappa shape index (κ1) is 23.3. The second-order valence-electron chi connectivity index (χ2n) is 7.91. The first-order valence-corrected chi connectivity index (χ1v) is 11.6. The van der Waals surface area contributed by atoms with Crippen molar-refractivity contribution in [3.8, 4) is 16.9 Å². The van der Waals surface area contributed by atoms with E-state index in [9.17, 15) is 14.7 Å². The smallest absolute Gasteiger partial charge is 0.335 e. The number of carboxylic acids is 1. The molecule has 172 valence electrons. The zero-order valence-electron chi connectivity index (χ0n) is 18.1. The zero-order valence-corrected chi connectivity index (χ0v) is 19.7. The highest BCUT2D eigenvalue weighted by molar-refractivity contribution is 6.35. The van der Waals surface area contributed by atoms with E-state index in [1.54, 1.807) is 35.0 Å². The summed E-state index contributed by atoms with van der Waals surface area (Å²) in [6.07, 6.45) is 3.78. The number of carbonyl (C=O) groups excluding carboxylic acids is 1. The highest BCUT2D eigenvalue weighted by Gasteiger charge is 2.26. The molecule has 0 radical (unpaired) electrons.